The molecule has 0 aliphatic heterocycles. The van der Waals surface area contributed by atoms with Crippen LogP contribution in [0.2, 0.25) is 0 Å². The highest BCUT2D eigenvalue weighted by molar-refractivity contribution is 5.84. The van der Waals surface area contributed by atoms with Crippen LogP contribution in [-0.2, 0) is 0 Å². The van der Waals surface area contributed by atoms with E-state index in [1.807, 2.05) is 6.07 Å². The summed E-state index contributed by atoms with van der Waals surface area (Å²) in [5, 5.41) is 18.4. The van der Waals surface area contributed by atoms with Crippen molar-refractivity contribution in [3.63, 3.8) is 0 Å². The van der Waals surface area contributed by atoms with E-state index >= 15 is 0 Å². The van der Waals surface area contributed by atoms with Crippen LogP contribution in [0.3, 0.4) is 0 Å². The van der Waals surface area contributed by atoms with Crippen molar-refractivity contribution in [1.29, 1.82) is 5.26 Å². The highest BCUT2D eigenvalue weighted by Crippen LogP contribution is 2.27. The van der Waals surface area contributed by atoms with Crippen molar-refractivity contribution >= 4 is 5.57 Å². The van der Waals surface area contributed by atoms with Gasteiger partial charge in [0.2, 0.25) is 0 Å². The van der Waals surface area contributed by atoms with Gasteiger partial charge < -0.3 is 5.11 Å². The Bertz CT molecular complexity index is 620. The lowest BCUT2D eigenvalue weighted by Crippen LogP contribution is -1.97. The van der Waals surface area contributed by atoms with Gasteiger partial charge in [0.1, 0.15) is 11.6 Å². The second-order valence-corrected chi connectivity index (χ2v) is 4.14. The third kappa shape index (κ3) is 2.90. The second-order valence-electron chi connectivity index (χ2n) is 4.14. The Kier molecular flexibility index (Phi) is 4.24. The molecule has 2 aromatic carbocycles. The highest BCUT2D eigenvalue weighted by Gasteiger charge is 2.11. The van der Waals surface area contributed by atoms with Crippen LogP contribution in [0.5, 0.6) is 0 Å². The van der Waals surface area contributed by atoms with Gasteiger partial charge in [-0.2, -0.15) is 5.26 Å². The lowest BCUT2D eigenvalue weighted by molar-refractivity contribution is 0.336. The molecular weight excluding hydrogens is 260 g/mol. The van der Waals surface area contributed by atoms with Crippen molar-refractivity contribution < 1.29 is 13.9 Å². The maximum atomic E-state index is 13.0. The van der Waals surface area contributed by atoms with E-state index in [-0.39, 0.29) is 5.57 Å². The first-order valence-electron chi connectivity index (χ1n) is 5.91. The van der Waals surface area contributed by atoms with Gasteiger partial charge in [-0.3, -0.25) is 0 Å². The zero-order chi connectivity index (χ0) is 14.5. The van der Waals surface area contributed by atoms with Gasteiger partial charge in [0, 0.05) is 5.57 Å². The van der Waals surface area contributed by atoms with Crippen LogP contribution in [0.4, 0.5) is 8.78 Å². The van der Waals surface area contributed by atoms with Crippen LogP contribution in [0, 0.1) is 23.0 Å². The quantitative estimate of drug-likeness (QED) is 0.871. The van der Waals surface area contributed by atoms with Crippen molar-refractivity contribution in [2.45, 2.75) is 0 Å². The normalized spacial score (nSPS) is 9.90. The molecule has 0 saturated heterocycles. The number of halogens is 2. The van der Waals surface area contributed by atoms with E-state index in [1.54, 1.807) is 0 Å². The van der Waals surface area contributed by atoms with Crippen LogP contribution in [-0.4, -0.2) is 11.7 Å². The molecule has 0 aliphatic rings. The molecule has 0 saturated carbocycles. The summed E-state index contributed by atoms with van der Waals surface area (Å²) >= 11 is 0. The van der Waals surface area contributed by atoms with E-state index in [4.69, 9.17) is 5.26 Å². The van der Waals surface area contributed by atoms with Crippen molar-refractivity contribution in [3.8, 4) is 6.07 Å². The molecule has 0 unspecified atom stereocenters. The SMILES string of the molecule is N#CC(CO)=C(c1ccc(F)cc1)c1ccc(F)cc1. The summed E-state index contributed by atoms with van der Waals surface area (Å²) < 4.78 is 26.0. The number of aliphatic hydroxyl groups is 1. The predicted molar refractivity (Wildman–Crippen MR) is 71.5 cm³/mol. The number of hydrogen-bond donors (Lipinski definition) is 1. The Hall–Kier alpha value is -2.51. The van der Waals surface area contributed by atoms with E-state index in [0.29, 0.717) is 16.7 Å². The molecule has 2 aromatic rings. The van der Waals surface area contributed by atoms with Gasteiger partial charge >= 0.3 is 0 Å². The molecule has 20 heavy (non-hydrogen) atoms. The van der Waals surface area contributed by atoms with Gasteiger partial charge in [0.05, 0.1) is 18.2 Å². The first-order chi connectivity index (χ1) is 9.65. The molecule has 1 N–H and O–H groups in total. The van der Waals surface area contributed by atoms with Gasteiger partial charge in [-0.05, 0) is 35.4 Å². The van der Waals surface area contributed by atoms with Crippen molar-refractivity contribution in [3.05, 3.63) is 76.9 Å². The minimum atomic E-state index is -0.444. The minimum Gasteiger partial charge on any atom is -0.391 e. The number of aliphatic hydroxyl groups excluding tert-OH is 1. The van der Waals surface area contributed by atoms with E-state index < -0.39 is 18.2 Å². The molecule has 2 nitrogen and oxygen atoms in total. The van der Waals surface area contributed by atoms with E-state index in [9.17, 15) is 13.9 Å². The fourth-order valence-corrected chi connectivity index (χ4v) is 1.92. The summed E-state index contributed by atoms with van der Waals surface area (Å²) in [6.07, 6.45) is 0. The molecule has 0 radical (unpaired) electrons. The Morgan fingerprint density at radius 1 is 0.900 bits per heavy atom. The van der Waals surface area contributed by atoms with Crippen LogP contribution < -0.4 is 0 Å². The van der Waals surface area contributed by atoms with Crippen LogP contribution in [0.25, 0.3) is 5.57 Å². The van der Waals surface area contributed by atoms with E-state index in [2.05, 4.69) is 0 Å². The Morgan fingerprint density at radius 2 is 1.30 bits per heavy atom. The number of benzene rings is 2. The highest BCUT2D eigenvalue weighted by atomic mass is 19.1. The third-order valence-electron chi connectivity index (χ3n) is 2.86. The maximum Gasteiger partial charge on any atom is 0.123 e. The van der Waals surface area contributed by atoms with Crippen LogP contribution in [0.1, 0.15) is 11.1 Å². The average molecular weight is 271 g/mol. The van der Waals surface area contributed by atoms with Gasteiger partial charge in [-0.1, -0.05) is 24.3 Å². The lowest BCUT2D eigenvalue weighted by atomic mass is 9.93. The molecule has 4 heteroatoms. The predicted octanol–water partition coefficient (Wildman–Crippen LogP) is 3.28. The third-order valence-corrected chi connectivity index (χ3v) is 2.86. The minimum absolute atomic E-state index is 0.142. The largest absolute Gasteiger partial charge is 0.391 e. The zero-order valence-electron chi connectivity index (χ0n) is 10.5. The summed E-state index contributed by atoms with van der Waals surface area (Å²) in [6, 6.07) is 13.1. The van der Waals surface area contributed by atoms with Gasteiger partial charge in [-0.25, -0.2) is 8.78 Å². The molecule has 0 aromatic heterocycles. The second kappa shape index (κ2) is 6.09. The molecule has 0 heterocycles. The molecule has 0 spiro atoms. The zero-order valence-corrected chi connectivity index (χ0v) is 10.5. The summed E-state index contributed by atoms with van der Waals surface area (Å²) in [5.74, 6) is -0.788. The topological polar surface area (TPSA) is 44.0 Å². The smallest absolute Gasteiger partial charge is 0.123 e. The maximum absolute atomic E-state index is 13.0. The summed E-state index contributed by atoms with van der Waals surface area (Å²) in [5.41, 5.74) is 1.78. The van der Waals surface area contributed by atoms with Crippen LogP contribution in [0.15, 0.2) is 54.1 Å². The van der Waals surface area contributed by atoms with E-state index in [0.717, 1.165) is 0 Å². The Labute approximate surface area is 115 Å². The monoisotopic (exact) mass is 271 g/mol. The van der Waals surface area contributed by atoms with Gasteiger partial charge in [0.15, 0.2) is 0 Å². The Balaban J connectivity index is 2.63. The lowest BCUT2D eigenvalue weighted by Gasteiger charge is -2.10. The van der Waals surface area contributed by atoms with Gasteiger partial charge in [0.25, 0.3) is 0 Å². The van der Waals surface area contributed by atoms with E-state index in [1.165, 1.54) is 48.5 Å². The molecule has 0 atom stereocenters. The first kappa shape index (κ1) is 13.9. The molecule has 0 bridgehead atoms. The fraction of sp³-hybridized carbons (Fsp3) is 0.0625. The number of rotatable bonds is 3. The van der Waals surface area contributed by atoms with Crippen molar-refractivity contribution in [2.24, 2.45) is 0 Å². The standard InChI is InChI=1S/C16H11F2NO/c17-14-5-1-11(2-6-14)16(13(9-19)10-20)12-3-7-15(18)8-4-12/h1-8,20H,10H2. The molecule has 100 valence electrons. The summed E-state index contributed by atoms with van der Waals surface area (Å²) in [7, 11) is 0. The number of hydrogen-bond acceptors (Lipinski definition) is 2. The number of nitriles is 1. The molecular formula is C16H11F2NO. The van der Waals surface area contributed by atoms with Crippen molar-refractivity contribution in [2.75, 3.05) is 6.61 Å². The van der Waals surface area contributed by atoms with Gasteiger partial charge in [-0.15, -0.1) is 0 Å². The molecule has 2 rings (SSSR count). The molecule has 0 amide bonds. The fourth-order valence-electron chi connectivity index (χ4n) is 1.92. The average Bonchev–Trinajstić information content (AvgIpc) is 2.47. The van der Waals surface area contributed by atoms with Crippen molar-refractivity contribution in [1.82, 2.24) is 0 Å². The molecule has 0 fully saturated rings. The Morgan fingerprint density at radius 3 is 1.60 bits per heavy atom. The van der Waals surface area contributed by atoms with Crippen LogP contribution >= 0.6 is 0 Å². The summed E-state index contributed by atoms with van der Waals surface area (Å²) in [6.45, 7) is -0.444. The first-order valence-corrected chi connectivity index (χ1v) is 5.91. The molecule has 0 aliphatic carbocycles. The number of nitrogens with zero attached hydrogens (tertiary/aromatic N) is 1. The summed E-state index contributed by atoms with van der Waals surface area (Å²) in [4.78, 5) is 0.